The molecule has 0 aliphatic carbocycles. The van der Waals surface area contributed by atoms with Gasteiger partial charge < -0.3 is 14.6 Å². The zero-order chi connectivity index (χ0) is 21.0. The van der Waals surface area contributed by atoms with Crippen molar-refractivity contribution in [2.45, 2.75) is 20.3 Å². The molecule has 1 aliphatic heterocycles. The van der Waals surface area contributed by atoms with Gasteiger partial charge in [0.2, 0.25) is 0 Å². The Balaban J connectivity index is 1.51. The van der Waals surface area contributed by atoms with Crippen LogP contribution in [0.15, 0.2) is 36.8 Å². The molecule has 1 N–H and O–H groups in total. The van der Waals surface area contributed by atoms with E-state index >= 15 is 0 Å². The van der Waals surface area contributed by atoms with Crippen molar-refractivity contribution in [1.29, 1.82) is 0 Å². The topological polar surface area (TPSA) is 67.5 Å². The number of pyridine rings is 1. The summed E-state index contributed by atoms with van der Waals surface area (Å²) >= 11 is 0. The number of hydrogen-bond donors (Lipinski definition) is 1. The largest absolute Gasteiger partial charge is 0.371 e. The van der Waals surface area contributed by atoms with E-state index in [-0.39, 0.29) is 11.6 Å². The molecule has 3 aromatic heterocycles. The van der Waals surface area contributed by atoms with E-state index in [4.69, 9.17) is 0 Å². The van der Waals surface area contributed by atoms with E-state index in [2.05, 4.69) is 27.2 Å². The third kappa shape index (κ3) is 3.08. The van der Waals surface area contributed by atoms with Crippen molar-refractivity contribution in [3.8, 4) is 0 Å². The van der Waals surface area contributed by atoms with E-state index in [1.54, 1.807) is 34.5 Å². The van der Waals surface area contributed by atoms with Crippen molar-refractivity contribution >= 4 is 33.8 Å². The molecule has 1 aliphatic rings. The van der Waals surface area contributed by atoms with Gasteiger partial charge in [-0.25, -0.2) is 9.37 Å². The van der Waals surface area contributed by atoms with E-state index in [0.29, 0.717) is 28.4 Å². The minimum atomic E-state index is -0.484. The van der Waals surface area contributed by atoms with Crippen LogP contribution in [0.25, 0.3) is 16.6 Å². The van der Waals surface area contributed by atoms with E-state index < -0.39 is 5.82 Å². The van der Waals surface area contributed by atoms with Gasteiger partial charge in [0.1, 0.15) is 5.52 Å². The zero-order valence-corrected chi connectivity index (χ0v) is 17.2. The number of nitrogens with zero attached hydrogens (tertiary/aromatic N) is 5. The van der Waals surface area contributed by atoms with Crippen LogP contribution in [0.2, 0.25) is 0 Å². The number of fused-ring (bicyclic) bond motifs is 2. The summed E-state index contributed by atoms with van der Waals surface area (Å²) in [6.07, 6.45) is 6.49. The van der Waals surface area contributed by atoms with E-state index in [1.165, 1.54) is 6.07 Å². The quantitative estimate of drug-likeness (QED) is 0.562. The van der Waals surface area contributed by atoms with Crippen molar-refractivity contribution < 1.29 is 9.18 Å². The second-order valence-corrected chi connectivity index (χ2v) is 8.18. The fourth-order valence-electron chi connectivity index (χ4n) is 4.26. The monoisotopic (exact) mass is 406 g/mol. The Bertz CT molecular complexity index is 1290. The van der Waals surface area contributed by atoms with Crippen molar-refractivity contribution in [3.05, 3.63) is 53.9 Å². The van der Waals surface area contributed by atoms with Gasteiger partial charge >= 0.3 is 0 Å². The molecule has 0 saturated carbocycles. The average molecular weight is 406 g/mol. The number of hydrogen-bond acceptors (Lipinski definition) is 4. The summed E-state index contributed by atoms with van der Waals surface area (Å²) in [5, 5.41) is 8.30. The highest BCUT2D eigenvalue weighted by atomic mass is 19.1. The molecule has 0 bridgehead atoms. The fraction of sp³-hybridized carbons (Fsp3) is 0.318. The molecular formula is C22H23FN6O. The molecule has 1 atom stereocenters. The maximum atomic E-state index is 14.4. The van der Waals surface area contributed by atoms with Crippen LogP contribution in [-0.2, 0) is 7.05 Å². The summed E-state index contributed by atoms with van der Waals surface area (Å²) in [4.78, 5) is 19.5. The summed E-state index contributed by atoms with van der Waals surface area (Å²) in [6, 6.07) is 5.08. The lowest BCUT2D eigenvalue weighted by Gasteiger charge is -2.19. The third-order valence-electron chi connectivity index (χ3n) is 5.66. The maximum absolute atomic E-state index is 14.4. The minimum Gasteiger partial charge on any atom is -0.371 e. The summed E-state index contributed by atoms with van der Waals surface area (Å²) in [5.74, 6) is -0.158. The molecule has 8 heteroatoms. The van der Waals surface area contributed by atoms with Crippen molar-refractivity contribution in [1.82, 2.24) is 19.2 Å². The molecule has 1 aromatic carbocycles. The van der Waals surface area contributed by atoms with Gasteiger partial charge in [-0.15, -0.1) is 0 Å². The highest BCUT2D eigenvalue weighted by Gasteiger charge is 2.23. The molecule has 0 spiro atoms. The number of aryl methyl sites for hydroxylation is 2. The number of benzene rings is 1. The normalized spacial score (nSPS) is 16.7. The molecule has 7 nitrogen and oxygen atoms in total. The van der Waals surface area contributed by atoms with Gasteiger partial charge in [-0.3, -0.25) is 9.48 Å². The second kappa shape index (κ2) is 6.83. The molecule has 1 amide bonds. The Kier molecular flexibility index (Phi) is 4.23. The molecular weight excluding hydrogens is 383 g/mol. The number of aromatic nitrogens is 4. The smallest absolute Gasteiger partial charge is 0.257 e. The molecule has 30 heavy (non-hydrogen) atoms. The SMILES string of the molecule is Cc1cn2cc(NC(=O)c3ccc(N4CC[C@@H](C)C4)c4cn(C)nc34)cc(F)c2n1. The second-order valence-electron chi connectivity index (χ2n) is 8.18. The number of carbonyl (C=O) groups excluding carboxylic acids is 1. The van der Waals surface area contributed by atoms with Crippen LogP contribution < -0.4 is 10.2 Å². The Morgan fingerprint density at radius 1 is 1.27 bits per heavy atom. The average Bonchev–Trinajstić information content (AvgIpc) is 3.38. The number of nitrogens with one attached hydrogen (secondary N) is 1. The van der Waals surface area contributed by atoms with Crippen molar-refractivity contribution in [2.24, 2.45) is 13.0 Å². The number of carbonyl (C=O) groups is 1. The predicted molar refractivity (Wildman–Crippen MR) is 115 cm³/mol. The first-order valence-corrected chi connectivity index (χ1v) is 10.1. The lowest BCUT2D eigenvalue weighted by molar-refractivity contribution is 0.102. The maximum Gasteiger partial charge on any atom is 0.257 e. The number of halogens is 1. The molecule has 5 rings (SSSR count). The zero-order valence-electron chi connectivity index (χ0n) is 17.2. The van der Waals surface area contributed by atoms with Gasteiger partial charge in [-0.05, 0) is 31.4 Å². The lowest BCUT2D eigenvalue weighted by Crippen LogP contribution is -2.20. The Labute approximate surface area is 173 Å². The number of anilines is 2. The Morgan fingerprint density at radius 3 is 2.87 bits per heavy atom. The van der Waals surface area contributed by atoms with Crippen LogP contribution >= 0.6 is 0 Å². The van der Waals surface area contributed by atoms with Crippen molar-refractivity contribution in [2.75, 3.05) is 23.3 Å². The first-order valence-electron chi connectivity index (χ1n) is 10.1. The predicted octanol–water partition coefficient (Wildman–Crippen LogP) is 3.77. The molecule has 154 valence electrons. The van der Waals surface area contributed by atoms with Crippen LogP contribution in [0.1, 0.15) is 29.4 Å². The van der Waals surface area contributed by atoms with Crippen molar-refractivity contribution in [3.63, 3.8) is 0 Å². The highest BCUT2D eigenvalue weighted by molar-refractivity contribution is 6.13. The van der Waals surface area contributed by atoms with E-state index in [0.717, 1.165) is 30.6 Å². The highest BCUT2D eigenvalue weighted by Crippen LogP contribution is 2.32. The van der Waals surface area contributed by atoms with Crippen LogP contribution in [0.5, 0.6) is 0 Å². The standard InChI is InChI=1S/C22H23FN6O/c1-13-6-7-28(9-13)19-5-4-16(20-17(19)12-27(3)26-20)22(30)25-15-8-18(23)21-24-14(2)10-29(21)11-15/h4-5,8,10-13H,6-7,9H2,1-3H3,(H,25,30)/t13-/m1/s1. The van der Waals surface area contributed by atoms with Crippen LogP contribution in [-0.4, -0.2) is 38.2 Å². The fourth-order valence-corrected chi connectivity index (χ4v) is 4.26. The van der Waals surface area contributed by atoms with Gasteiger partial charge in [-0.2, -0.15) is 5.10 Å². The van der Waals surface area contributed by atoms with Gasteiger partial charge in [0.25, 0.3) is 5.91 Å². The molecule has 0 radical (unpaired) electrons. The van der Waals surface area contributed by atoms with Crippen LogP contribution in [0, 0.1) is 18.7 Å². The first-order chi connectivity index (χ1) is 14.4. The van der Waals surface area contributed by atoms with Gasteiger partial charge in [-0.1, -0.05) is 6.92 Å². The number of rotatable bonds is 3. The molecule has 4 aromatic rings. The number of imidazole rings is 1. The minimum absolute atomic E-state index is 0.238. The first kappa shape index (κ1) is 18.6. The molecule has 4 heterocycles. The summed E-state index contributed by atoms with van der Waals surface area (Å²) in [5.41, 5.74) is 3.52. The lowest BCUT2D eigenvalue weighted by atomic mass is 10.1. The van der Waals surface area contributed by atoms with Gasteiger partial charge in [0.05, 0.1) is 16.9 Å². The Morgan fingerprint density at radius 2 is 2.10 bits per heavy atom. The molecule has 1 fully saturated rings. The number of amides is 1. The summed E-state index contributed by atoms with van der Waals surface area (Å²) < 4.78 is 17.7. The molecule has 0 unspecified atom stereocenters. The summed E-state index contributed by atoms with van der Waals surface area (Å²) in [7, 11) is 1.85. The Hall–Kier alpha value is -3.42. The third-order valence-corrected chi connectivity index (χ3v) is 5.66. The van der Waals surface area contributed by atoms with Gasteiger partial charge in [0, 0.05) is 55.9 Å². The van der Waals surface area contributed by atoms with E-state index in [9.17, 15) is 9.18 Å². The van der Waals surface area contributed by atoms with Crippen LogP contribution in [0.3, 0.4) is 0 Å². The van der Waals surface area contributed by atoms with Gasteiger partial charge in [0.15, 0.2) is 11.5 Å². The van der Waals surface area contributed by atoms with Crippen LogP contribution in [0.4, 0.5) is 15.8 Å². The summed E-state index contributed by atoms with van der Waals surface area (Å²) in [6.45, 7) is 6.05. The van der Waals surface area contributed by atoms with E-state index in [1.807, 2.05) is 19.3 Å². The molecule has 1 saturated heterocycles.